The van der Waals surface area contributed by atoms with Crippen LogP contribution in [0.3, 0.4) is 0 Å². The van der Waals surface area contributed by atoms with Crippen LogP contribution in [0.15, 0.2) is 41.3 Å². The highest BCUT2D eigenvalue weighted by molar-refractivity contribution is 5.81. The van der Waals surface area contributed by atoms with Crippen LogP contribution in [0.1, 0.15) is 34.6 Å². The number of carbonyl (C=O) groups excluding carboxylic acids is 1. The molecule has 0 fully saturated rings. The van der Waals surface area contributed by atoms with Crippen LogP contribution >= 0.6 is 0 Å². The number of amides is 1. The molecular weight excluding hydrogens is 292 g/mol. The van der Waals surface area contributed by atoms with Gasteiger partial charge in [-0.2, -0.15) is 0 Å². The van der Waals surface area contributed by atoms with Gasteiger partial charge in [-0.25, -0.2) is 4.79 Å². The summed E-state index contributed by atoms with van der Waals surface area (Å²) in [5.41, 5.74) is -1.24. The van der Waals surface area contributed by atoms with E-state index in [1.54, 1.807) is 10.8 Å². The number of pyridine rings is 1. The number of alkyl carbamates (subject to hydrolysis) is 1. The third kappa shape index (κ3) is 4.58. The Morgan fingerprint density at radius 1 is 1.13 bits per heavy atom. The molecule has 1 heterocycles. The van der Waals surface area contributed by atoms with Crippen LogP contribution in [0.5, 0.6) is 0 Å². The van der Waals surface area contributed by atoms with Gasteiger partial charge < -0.3 is 14.6 Å². The fraction of sp³-hybridized carbons (Fsp3) is 0.444. The molecule has 0 spiro atoms. The summed E-state index contributed by atoms with van der Waals surface area (Å²) in [6, 6.07) is 9.37. The lowest BCUT2D eigenvalue weighted by atomic mass is 10.1. The fourth-order valence-corrected chi connectivity index (χ4v) is 2.40. The highest BCUT2D eigenvalue weighted by Gasteiger charge is 2.25. The Morgan fingerprint density at radius 3 is 2.43 bits per heavy atom. The molecule has 5 heteroatoms. The van der Waals surface area contributed by atoms with Crippen molar-refractivity contribution in [3.05, 3.63) is 46.9 Å². The van der Waals surface area contributed by atoms with Crippen molar-refractivity contribution < 1.29 is 9.53 Å². The Labute approximate surface area is 136 Å². The van der Waals surface area contributed by atoms with Crippen molar-refractivity contribution >= 4 is 16.9 Å². The number of aromatic nitrogens is 1. The summed E-state index contributed by atoms with van der Waals surface area (Å²) < 4.78 is 6.89. The first-order valence-corrected chi connectivity index (χ1v) is 7.67. The van der Waals surface area contributed by atoms with E-state index in [0.29, 0.717) is 11.9 Å². The van der Waals surface area contributed by atoms with E-state index >= 15 is 0 Å². The first-order valence-electron chi connectivity index (χ1n) is 7.67. The maximum atomic E-state index is 12.5. The highest BCUT2D eigenvalue weighted by Crippen LogP contribution is 2.13. The molecule has 2 rings (SSSR count). The molecule has 2 aromatic rings. The highest BCUT2D eigenvalue weighted by atomic mass is 16.6. The van der Waals surface area contributed by atoms with Crippen LogP contribution in [0.25, 0.3) is 10.8 Å². The minimum atomic E-state index is -0.616. The summed E-state index contributed by atoms with van der Waals surface area (Å²) in [5.74, 6) is 0. The van der Waals surface area contributed by atoms with Crippen molar-refractivity contribution in [1.82, 2.24) is 9.88 Å². The van der Waals surface area contributed by atoms with Crippen molar-refractivity contribution in [1.29, 1.82) is 0 Å². The maximum absolute atomic E-state index is 12.5. The Balaban J connectivity index is 2.19. The molecule has 1 aromatic heterocycles. The van der Waals surface area contributed by atoms with Crippen LogP contribution < -0.4 is 10.9 Å². The van der Waals surface area contributed by atoms with Crippen molar-refractivity contribution in [3.8, 4) is 0 Å². The standard InChI is InChI=1S/C18H24N2O3/c1-17(2,3)23-16(22)19-18(4,5)12-20-11-10-13-8-6-7-9-14(13)15(20)21/h6-11H,12H2,1-5H3,(H,19,22). The smallest absolute Gasteiger partial charge is 0.408 e. The maximum Gasteiger partial charge on any atom is 0.408 e. The van der Waals surface area contributed by atoms with Gasteiger partial charge in [0, 0.05) is 18.1 Å². The van der Waals surface area contributed by atoms with E-state index in [1.165, 1.54) is 0 Å². The Kier molecular flexibility index (Phi) is 4.50. The molecule has 0 saturated heterocycles. The molecule has 0 aliphatic heterocycles. The zero-order valence-electron chi connectivity index (χ0n) is 14.3. The minimum absolute atomic E-state index is 0.0674. The molecule has 124 valence electrons. The molecule has 0 unspecified atom stereocenters. The second-order valence-electron chi connectivity index (χ2n) is 7.35. The molecule has 1 aromatic carbocycles. The van der Waals surface area contributed by atoms with E-state index in [9.17, 15) is 9.59 Å². The van der Waals surface area contributed by atoms with Gasteiger partial charge in [-0.05, 0) is 52.1 Å². The SMILES string of the molecule is CC(C)(Cn1ccc2ccccc2c1=O)NC(=O)OC(C)(C)C. The number of benzene rings is 1. The Hall–Kier alpha value is -2.30. The second-order valence-corrected chi connectivity index (χ2v) is 7.35. The van der Waals surface area contributed by atoms with Crippen LogP contribution in [-0.2, 0) is 11.3 Å². The molecule has 0 bridgehead atoms. The topological polar surface area (TPSA) is 60.3 Å². The van der Waals surface area contributed by atoms with E-state index in [-0.39, 0.29) is 5.56 Å². The summed E-state index contributed by atoms with van der Waals surface area (Å²) >= 11 is 0. The number of carbonyl (C=O) groups is 1. The molecule has 0 atom stereocenters. The Morgan fingerprint density at radius 2 is 1.78 bits per heavy atom. The van der Waals surface area contributed by atoms with Gasteiger partial charge in [0.1, 0.15) is 5.60 Å². The lowest BCUT2D eigenvalue weighted by Gasteiger charge is -2.29. The van der Waals surface area contributed by atoms with Crippen molar-refractivity contribution in [2.45, 2.75) is 52.3 Å². The summed E-state index contributed by atoms with van der Waals surface area (Å²) in [7, 11) is 0. The number of rotatable bonds is 3. The normalized spacial score (nSPS) is 12.2. The molecular formula is C18H24N2O3. The quantitative estimate of drug-likeness (QED) is 0.945. The summed E-state index contributed by atoms with van der Waals surface area (Å²) in [5, 5.41) is 4.39. The largest absolute Gasteiger partial charge is 0.444 e. The van der Waals surface area contributed by atoms with Gasteiger partial charge in [0.15, 0.2) is 0 Å². The van der Waals surface area contributed by atoms with E-state index in [4.69, 9.17) is 4.74 Å². The molecule has 23 heavy (non-hydrogen) atoms. The lowest BCUT2D eigenvalue weighted by molar-refractivity contribution is 0.0463. The number of hydrogen-bond donors (Lipinski definition) is 1. The third-order valence-electron chi connectivity index (χ3n) is 3.29. The van der Waals surface area contributed by atoms with Gasteiger partial charge in [0.05, 0.1) is 5.54 Å². The van der Waals surface area contributed by atoms with Gasteiger partial charge in [0.2, 0.25) is 0 Å². The van der Waals surface area contributed by atoms with Gasteiger partial charge in [-0.3, -0.25) is 4.79 Å². The number of ether oxygens (including phenoxy) is 1. The molecule has 0 saturated carbocycles. The van der Waals surface area contributed by atoms with Gasteiger partial charge in [-0.1, -0.05) is 18.2 Å². The number of fused-ring (bicyclic) bond motifs is 1. The monoisotopic (exact) mass is 316 g/mol. The van der Waals surface area contributed by atoms with Crippen LogP contribution in [0.2, 0.25) is 0 Å². The lowest BCUT2D eigenvalue weighted by Crippen LogP contribution is -2.49. The molecule has 0 radical (unpaired) electrons. The zero-order valence-corrected chi connectivity index (χ0v) is 14.3. The fourth-order valence-electron chi connectivity index (χ4n) is 2.40. The van der Waals surface area contributed by atoms with Gasteiger partial charge in [0.25, 0.3) is 5.56 Å². The average Bonchev–Trinajstić information content (AvgIpc) is 2.39. The second kappa shape index (κ2) is 6.07. The molecule has 0 aliphatic carbocycles. The van der Waals surface area contributed by atoms with E-state index < -0.39 is 17.2 Å². The summed E-state index contributed by atoms with van der Waals surface area (Å²) in [4.78, 5) is 24.5. The molecule has 5 nitrogen and oxygen atoms in total. The molecule has 0 aliphatic rings. The predicted octanol–water partition coefficient (Wildman–Crippen LogP) is 3.30. The molecule has 1 amide bonds. The molecule has 1 N–H and O–H groups in total. The van der Waals surface area contributed by atoms with Gasteiger partial charge >= 0.3 is 6.09 Å². The minimum Gasteiger partial charge on any atom is -0.444 e. The first-order chi connectivity index (χ1) is 10.6. The number of hydrogen-bond acceptors (Lipinski definition) is 3. The summed E-state index contributed by atoms with van der Waals surface area (Å²) in [6.45, 7) is 9.52. The van der Waals surface area contributed by atoms with Crippen LogP contribution in [0, 0.1) is 0 Å². The average molecular weight is 316 g/mol. The number of nitrogens with zero attached hydrogens (tertiary/aromatic N) is 1. The van der Waals surface area contributed by atoms with E-state index in [0.717, 1.165) is 5.39 Å². The predicted molar refractivity (Wildman–Crippen MR) is 91.7 cm³/mol. The van der Waals surface area contributed by atoms with E-state index in [1.807, 2.05) is 65.0 Å². The van der Waals surface area contributed by atoms with Gasteiger partial charge in [-0.15, -0.1) is 0 Å². The van der Waals surface area contributed by atoms with Crippen molar-refractivity contribution in [2.75, 3.05) is 0 Å². The van der Waals surface area contributed by atoms with Crippen LogP contribution in [-0.4, -0.2) is 21.8 Å². The summed E-state index contributed by atoms with van der Waals surface area (Å²) in [6.07, 6.45) is 1.26. The zero-order chi connectivity index (χ0) is 17.3. The van der Waals surface area contributed by atoms with Crippen molar-refractivity contribution in [2.24, 2.45) is 0 Å². The third-order valence-corrected chi connectivity index (χ3v) is 3.29. The number of nitrogens with one attached hydrogen (secondary N) is 1. The first kappa shape index (κ1) is 17.1. The van der Waals surface area contributed by atoms with Crippen LogP contribution in [0.4, 0.5) is 4.79 Å². The Bertz CT molecular complexity index is 770. The van der Waals surface area contributed by atoms with Crippen molar-refractivity contribution in [3.63, 3.8) is 0 Å². The van der Waals surface area contributed by atoms with E-state index in [2.05, 4.69) is 5.32 Å².